The number of hydrogen-bond acceptors (Lipinski definition) is 5. The molecule has 0 atom stereocenters. The fourth-order valence-corrected chi connectivity index (χ4v) is 2.73. The van der Waals surface area contributed by atoms with E-state index in [9.17, 15) is 4.39 Å². The van der Waals surface area contributed by atoms with Gasteiger partial charge >= 0.3 is 0 Å². The zero-order chi connectivity index (χ0) is 15.6. The Bertz CT molecular complexity index is 809. The monoisotopic (exact) mass is 310 g/mol. The fraction of sp³-hybridized carbons (Fsp3) is 0.235. The van der Waals surface area contributed by atoms with Gasteiger partial charge in [-0.3, -0.25) is 0 Å². The van der Waals surface area contributed by atoms with Crippen molar-refractivity contribution in [1.82, 2.24) is 15.1 Å². The van der Waals surface area contributed by atoms with Crippen LogP contribution in [0.15, 0.2) is 47.1 Å². The molecule has 3 heterocycles. The zero-order valence-corrected chi connectivity index (χ0v) is 12.4. The van der Waals surface area contributed by atoms with E-state index in [0.29, 0.717) is 17.3 Å². The molecule has 4 rings (SSSR count). The summed E-state index contributed by atoms with van der Waals surface area (Å²) in [6, 6.07) is 10.0. The lowest BCUT2D eigenvalue weighted by Crippen LogP contribution is -2.18. The van der Waals surface area contributed by atoms with Crippen molar-refractivity contribution < 1.29 is 8.91 Å². The second-order valence-corrected chi connectivity index (χ2v) is 5.53. The normalized spacial score (nSPS) is 14.4. The molecular formula is C17H15FN4O. The number of hydrogen-bond donors (Lipinski definition) is 0. The maximum atomic E-state index is 13.3. The third-order valence-electron chi connectivity index (χ3n) is 3.93. The Morgan fingerprint density at radius 1 is 1.04 bits per heavy atom. The Hall–Kier alpha value is -2.76. The van der Waals surface area contributed by atoms with Gasteiger partial charge in [0.1, 0.15) is 11.6 Å². The molecule has 0 saturated carbocycles. The van der Waals surface area contributed by atoms with Gasteiger partial charge in [0, 0.05) is 24.8 Å². The molecular weight excluding hydrogens is 295 g/mol. The summed E-state index contributed by atoms with van der Waals surface area (Å²) in [5.41, 5.74) is 1.34. The van der Waals surface area contributed by atoms with Crippen molar-refractivity contribution in [3.05, 3.63) is 48.4 Å². The number of anilines is 1. The van der Waals surface area contributed by atoms with Gasteiger partial charge in [-0.25, -0.2) is 9.37 Å². The topological polar surface area (TPSA) is 55.1 Å². The predicted molar refractivity (Wildman–Crippen MR) is 84.4 cm³/mol. The summed E-state index contributed by atoms with van der Waals surface area (Å²) in [7, 11) is 0. The summed E-state index contributed by atoms with van der Waals surface area (Å²) < 4.78 is 18.5. The molecule has 0 N–H and O–H groups in total. The molecule has 1 aromatic carbocycles. The van der Waals surface area contributed by atoms with E-state index in [0.717, 1.165) is 24.5 Å². The van der Waals surface area contributed by atoms with Crippen molar-refractivity contribution in [2.45, 2.75) is 12.8 Å². The SMILES string of the molecule is Fc1cccc(-c2noc(-c3ccc(N4CCCC4)nc3)n2)c1. The molecule has 0 amide bonds. The van der Waals surface area contributed by atoms with Gasteiger partial charge in [-0.1, -0.05) is 17.3 Å². The maximum Gasteiger partial charge on any atom is 0.259 e. The Morgan fingerprint density at radius 3 is 2.65 bits per heavy atom. The van der Waals surface area contributed by atoms with Gasteiger partial charge in [0.05, 0.1) is 5.56 Å². The smallest absolute Gasteiger partial charge is 0.259 e. The maximum absolute atomic E-state index is 13.3. The molecule has 1 aliphatic rings. The molecule has 1 aliphatic heterocycles. The molecule has 0 aliphatic carbocycles. The van der Waals surface area contributed by atoms with Crippen LogP contribution in [0.3, 0.4) is 0 Å². The highest BCUT2D eigenvalue weighted by Gasteiger charge is 2.15. The van der Waals surface area contributed by atoms with Crippen molar-refractivity contribution in [3.63, 3.8) is 0 Å². The number of nitrogens with zero attached hydrogens (tertiary/aromatic N) is 4. The van der Waals surface area contributed by atoms with Crippen LogP contribution in [0.2, 0.25) is 0 Å². The Balaban J connectivity index is 1.59. The van der Waals surface area contributed by atoms with E-state index >= 15 is 0 Å². The van der Waals surface area contributed by atoms with Crippen LogP contribution in [0.4, 0.5) is 10.2 Å². The second kappa shape index (κ2) is 5.79. The largest absolute Gasteiger partial charge is 0.357 e. The molecule has 0 radical (unpaired) electrons. The van der Waals surface area contributed by atoms with Crippen LogP contribution >= 0.6 is 0 Å². The van der Waals surface area contributed by atoms with Gasteiger partial charge in [0.25, 0.3) is 5.89 Å². The molecule has 23 heavy (non-hydrogen) atoms. The first kappa shape index (κ1) is 13.9. The van der Waals surface area contributed by atoms with Crippen molar-refractivity contribution >= 4 is 5.82 Å². The molecule has 3 aromatic rings. The lowest BCUT2D eigenvalue weighted by Gasteiger charge is -2.15. The molecule has 0 spiro atoms. The van der Waals surface area contributed by atoms with E-state index in [2.05, 4.69) is 20.0 Å². The standard InChI is InChI=1S/C17H15FN4O/c18-14-5-3-4-12(10-14)16-20-17(23-21-16)13-6-7-15(19-11-13)22-8-1-2-9-22/h3-7,10-11H,1-2,8-9H2. The molecule has 1 saturated heterocycles. The first-order valence-electron chi connectivity index (χ1n) is 7.61. The van der Waals surface area contributed by atoms with Crippen molar-refractivity contribution in [3.8, 4) is 22.8 Å². The second-order valence-electron chi connectivity index (χ2n) is 5.53. The van der Waals surface area contributed by atoms with Gasteiger partial charge < -0.3 is 9.42 Å². The first-order chi connectivity index (χ1) is 11.3. The lowest BCUT2D eigenvalue weighted by molar-refractivity contribution is 0.432. The van der Waals surface area contributed by atoms with Crippen molar-refractivity contribution in [1.29, 1.82) is 0 Å². The van der Waals surface area contributed by atoms with Crippen LogP contribution < -0.4 is 4.90 Å². The van der Waals surface area contributed by atoms with Gasteiger partial charge in [0.2, 0.25) is 5.82 Å². The Labute approximate surface area is 132 Å². The average Bonchev–Trinajstić information content (AvgIpc) is 3.27. The van der Waals surface area contributed by atoms with Gasteiger partial charge in [-0.05, 0) is 37.1 Å². The summed E-state index contributed by atoms with van der Waals surface area (Å²) in [6.45, 7) is 2.10. The van der Waals surface area contributed by atoms with E-state index < -0.39 is 0 Å². The predicted octanol–water partition coefficient (Wildman–Crippen LogP) is 3.54. The van der Waals surface area contributed by atoms with Gasteiger partial charge in [0.15, 0.2) is 0 Å². The summed E-state index contributed by atoms with van der Waals surface area (Å²) in [5.74, 6) is 1.38. The number of aromatic nitrogens is 3. The van der Waals surface area contributed by atoms with Crippen molar-refractivity contribution in [2.24, 2.45) is 0 Å². The summed E-state index contributed by atoms with van der Waals surface area (Å²) in [4.78, 5) is 11.1. The molecule has 0 bridgehead atoms. The van der Waals surface area contributed by atoms with E-state index in [1.807, 2.05) is 12.1 Å². The van der Waals surface area contributed by atoms with E-state index in [1.165, 1.54) is 25.0 Å². The highest BCUT2D eigenvalue weighted by atomic mass is 19.1. The Kier molecular flexibility index (Phi) is 3.49. The molecule has 116 valence electrons. The van der Waals surface area contributed by atoms with Crippen LogP contribution in [0.25, 0.3) is 22.8 Å². The Morgan fingerprint density at radius 2 is 1.91 bits per heavy atom. The summed E-state index contributed by atoms with van der Waals surface area (Å²) in [5, 5.41) is 3.91. The third kappa shape index (κ3) is 2.79. The third-order valence-corrected chi connectivity index (χ3v) is 3.93. The molecule has 2 aromatic heterocycles. The average molecular weight is 310 g/mol. The van der Waals surface area contributed by atoms with Crippen LogP contribution in [0.5, 0.6) is 0 Å². The minimum Gasteiger partial charge on any atom is -0.357 e. The van der Waals surface area contributed by atoms with E-state index in [1.54, 1.807) is 18.3 Å². The molecule has 6 heteroatoms. The van der Waals surface area contributed by atoms with Crippen LogP contribution in [0, 0.1) is 5.82 Å². The highest BCUT2D eigenvalue weighted by Crippen LogP contribution is 2.24. The van der Waals surface area contributed by atoms with E-state index in [-0.39, 0.29) is 5.82 Å². The number of pyridine rings is 1. The highest BCUT2D eigenvalue weighted by molar-refractivity contribution is 5.60. The molecule has 5 nitrogen and oxygen atoms in total. The van der Waals surface area contributed by atoms with Gasteiger partial charge in [-0.15, -0.1) is 0 Å². The fourth-order valence-electron chi connectivity index (χ4n) is 2.73. The number of halogens is 1. The van der Waals surface area contributed by atoms with Crippen LogP contribution in [0.1, 0.15) is 12.8 Å². The van der Waals surface area contributed by atoms with Crippen LogP contribution in [-0.4, -0.2) is 28.2 Å². The lowest BCUT2D eigenvalue weighted by atomic mass is 10.2. The minimum atomic E-state index is -0.328. The minimum absolute atomic E-state index is 0.328. The summed E-state index contributed by atoms with van der Waals surface area (Å²) in [6.07, 6.45) is 4.16. The van der Waals surface area contributed by atoms with Crippen LogP contribution in [-0.2, 0) is 0 Å². The number of benzene rings is 1. The molecule has 0 unspecified atom stereocenters. The van der Waals surface area contributed by atoms with E-state index in [4.69, 9.17) is 4.52 Å². The van der Waals surface area contributed by atoms with Crippen molar-refractivity contribution in [2.75, 3.05) is 18.0 Å². The summed E-state index contributed by atoms with van der Waals surface area (Å²) >= 11 is 0. The van der Waals surface area contributed by atoms with Gasteiger partial charge in [-0.2, -0.15) is 4.98 Å². The zero-order valence-electron chi connectivity index (χ0n) is 12.4. The quantitative estimate of drug-likeness (QED) is 0.740. The number of rotatable bonds is 3. The first-order valence-corrected chi connectivity index (χ1v) is 7.61. The molecule has 1 fully saturated rings.